The Morgan fingerprint density at radius 1 is 1.14 bits per heavy atom. The molecule has 0 fully saturated rings. The lowest BCUT2D eigenvalue weighted by atomic mass is 10.1. The molecule has 3 rings (SSSR count). The number of rotatable bonds is 4. The molecule has 0 aliphatic carbocycles. The summed E-state index contributed by atoms with van der Waals surface area (Å²) in [6.07, 6.45) is 0. The average Bonchev–Trinajstić information content (AvgIpc) is 2.90. The molecule has 0 saturated carbocycles. The molecule has 6 heteroatoms. The van der Waals surface area contributed by atoms with Crippen LogP contribution < -0.4 is 4.72 Å². The molecule has 3 aromatic rings. The van der Waals surface area contributed by atoms with Crippen LogP contribution in [0.3, 0.4) is 0 Å². The van der Waals surface area contributed by atoms with Crippen molar-refractivity contribution in [2.24, 2.45) is 0 Å². The van der Waals surface area contributed by atoms with Gasteiger partial charge in [0, 0.05) is 11.5 Å². The van der Waals surface area contributed by atoms with E-state index >= 15 is 0 Å². The van der Waals surface area contributed by atoms with Crippen molar-refractivity contribution in [1.29, 1.82) is 0 Å². The maximum Gasteiger partial charge on any atom is 0.241 e. The summed E-state index contributed by atoms with van der Waals surface area (Å²) in [5, 5.41) is 5.31. The van der Waals surface area contributed by atoms with Crippen molar-refractivity contribution >= 4 is 20.8 Å². The van der Waals surface area contributed by atoms with Gasteiger partial charge in [0.15, 0.2) is 5.76 Å². The van der Waals surface area contributed by atoms with Gasteiger partial charge in [0.1, 0.15) is 0 Å². The van der Waals surface area contributed by atoms with Gasteiger partial charge >= 0.3 is 0 Å². The minimum atomic E-state index is -3.61. The number of hydrogen-bond donors (Lipinski definition) is 1. The number of sulfonamides is 1. The lowest BCUT2D eigenvalue weighted by molar-refractivity contribution is 0.377. The molecule has 0 saturated heterocycles. The van der Waals surface area contributed by atoms with Crippen molar-refractivity contribution in [3.63, 3.8) is 0 Å². The second-order valence-corrected chi connectivity index (χ2v) is 6.47. The summed E-state index contributed by atoms with van der Waals surface area (Å²) >= 11 is 0. The summed E-state index contributed by atoms with van der Waals surface area (Å²) in [5.41, 5.74) is 0.717. The van der Waals surface area contributed by atoms with E-state index in [4.69, 9.17) is 4.52 Å². The Labute approximate surface area is 122 Å². The SMILES string of the molecule is Cc1cc(CNS(=O)(=O)c2cccc3ccccc23)on1. The summed E-state index contributed by atoms with van der Waals surface area (Å²) < 4.78 is 32.4. The first-order valence-corrected chi connectivity index (χ1v) is 7.94. The van der Waals surface area contributed by atoms with Crippen molar-refractivity contribution in [1.82, 2.24) is 9.88 Å². The van der Waals surface area contributed by atoms with E-state index in [1.54, 1.807) is 31.2 Å². The molecular weight excluding hydrogens is 288 g/mol. The van der Waals surface area contributed by atoms with Gasteiger partial charge < -0.3 is 4.52 Å². The Bertz CT molecular complexity index is 879. The highest BCUT2D eigenvalue weighted by molar-refractivity contribution is 7.89. The average molecular weight is 302 g/mol. The van der Waals surface area contributed by atoms with Gasteiger partial charge in [-0.05, 0) is 18.4 Å². The summed E-state index contributed by atoms with van der Waals surface area (Å²) in [7, 11) is -3.61. The van der Waals surface area contributed by atoms with E-state index in [1.807, 2.05) is 24.3 Å². The van der Waals surface area contributed by atoms with Gasteiger partial charge in [-0.25, -0.2) is 13.1 Å². The molecule has 1 heterocycles. The van der Waals surface area contributed by atoms with Crippen LogP contribution in [0.4, 0.5) is 0 Å². The molecule has 0 bridgehead atoms. The van der Waals surface area contributed by atoms with Crippen LogP contribution in [0.2, 0.25) is 0 Å². The van der Waals surface area contributed by atoms with E-state index in [2.05, 4.69) is 9.88 Å². The Hall–Kier alpha value is -2.18. The van der Waals surface area contributed by atoms with Crippen molar-refractivity contribution in [2.75, 3.05) is 0 Å². The summed E-state index contributed by atoms with van der Waals surface area (Å²) in [4.78, 5) is 0.261. The van der Waals surface area contributed by atoms with E-state index in [1.165, 1.54) is 0 Å². The lowest BCUT2D eigenvalue weighted by Crippen LogP contribution is -2.23. The second kappa shape index (κ2) is 5.31. The van der Waals surface area contributed by atoms with Crippen molar-refractivity contribution in [2.45, 2.75) is 18.4 Å². The van der Waals surface area contributed by atoms with Crippen molar-refractivity contribution < 1.29 is 12.9 Å². The van der Waals surface area contributed by atoms with E-state index in [9.17, 15) is 8.42 Å². The van der Waals surface area contributed by atoms with Gasteiger partial charge in [-0.3, -0.25) is 0 Å². The van der Waals surface area contributed by atoms with Gasteiger partial charge in [-0.2, -0.15) is 0 Å². The van der Waals surface area contributed by atoms with Crippen molar-refractivity contribution in [3.8, 4) is 0 Å². The monoisotopic (exact) mass is 302 g/mol. The van der Waals surface area contributed by atoms with Gasteiger partial charge in [-0.1, -0.05) is 41.6 Å². The molecule has 1 aromatic heterocycles. The zero-order valence-corrected chi connectivity index (χ0v) is 12.2. The fourth-order valence-electron chi connectivity index (χ4n) is 2.17. The number of hydrogen-bond acceptors (Lipinski definition) is 4. The molecule has 0 aliphatic heterocycles. The normalized spacial score (nSPS) is 11.9. The number of benzene rings is 2. The standard InChI is InChI=1S/C15H14N2O3S/c1-11-9-13(20-17-11)10-16-21(18,19)15-8-4-6-12-5-2-3-7-14(12)15/h2-9,16H,10H2,1H3. The lowest BCUT2D eigenvalue weighted by Gasteiger charge is -2.08. The zero-order valence-electron chi connectivity index (χ0n) is 11.4. The fourth-order valence-corrected chi connectivity index (χ4v) is 3.39. The van der Waals surface area contributed by atoms with E-state index < -0.39 is 10.0 Å². The zero-order chi connectivity index (χ0) is 14.9. The third-order valence-electron chi connectivity index (χ3n) is 3.15. The molecular formula is C15H14N2O3S. The Morgan fingerprint density at radius 3 is 2.67 bits per heavy atom. The predicted octanol–water partition coefficient (Wildman–Crippen LogP) is 2.61. The third-order valence-corrected chi connectivity index (χ3v) is 4.61. The van der Waals surface area contributed by atoms with Crippen LogP contribution >= 0.6 is 0 Å². The first-order valence-electron chi connectivity index (χ1n) is 6.46. The molecule has 0 aliphatic rings. The van der Waals surface area contributed by atoms with Crippen LogP contribution in [-0.4, -0.2) is 13.6 Å². The van der Waals surface area contributed by atoms with Gasteiger partial charge in [0.2, 0.25) is 10.0 Å². The van der Waals surface area contributed by atoms with E-state index in [0.717, 1.165) is 5.39 Å². The van der Waals surface area contributed by atoms with Crippen LogP contribution in [0.25, 0.3) is 10.8 Å². The molecule has 0 atom stereocenters. The topological polar surface area (TPSA) is 72.2 Å². The number of aryl methyl sites for hydroxylation is 1. The number of nitrogens with zero attached hydrogens (tertiary/aromatic N) is 1. The summed E-state index contributed by atoms with van der Waals surface area (Å²) in [5.74, 6) is 0.483. The molecule has 1 N–H and O–H groups in total. The Morgan fingerprint density at radius 2 is 1.90 bits per heavy atom. The van der Waals surface area contributed by atoms with Gasteiger partial charge in [-0.15, -0.1) is 0 Å². The number of aromatic nitrogens is 1. The first-order chi connectivity index (χ1) is 10.1. The molecule has 2 aromatic carbocycles. The van der Waals surface area contributed by atoms with Gasteiger partial charge in [0.25, 0.3) is 0 Å². The first kappa shape index (κ1) is 13.8. The molecule has 108 valence electrons. The summed E-state index contributed by atoms with van der Waals surface area (Å²) in [6, 6.07) is 14.3. The molecule has 0 spiro atoms. The van der Waals surface area contributed by atoms with E-state index in [0.29, 0.717) is 16.8 Å². The third kappa shape index (κ3) is 2.81. The molecule has 0 radical (unpaired) electrons. The largest absolute Gasteiger partial charge is 0.360 e. The predicted molar refractivity (Wildman–Crippen MR) is 79.2 cm³/mol. The molecule has 5 nitrogen and oxygen atoms in total. The van der Waals surface area contributed by atoms with Crippen molar-refractivity contribution in [3.05, 3.63) is 60.0 Å². The Balaban J connectivity index is 1.93. The highest BCUT2D eigenvalue weighted by Crippen LogP contribution is 2.22. The number of nitrogens with one attached hydrogen (secondary N) is 1. The highest BCUT2D eigenvalue weighted by atomic mass is 32.2. The van der Waals surface area contributed by atoms with Gasteiger partial charge in [0.05, 0.1) is 17.1 Å². The Kier molecular flexibility index (Phi) is 3.48. The van der Waals surface area contributed by atoms with Crippen LogP contribution in [0.15, 0.2) is 57.9 Å². The minimum absolute atomic E-state index is 0.0758. The maximum absolute atomic E-state index is 12.5. The maximum atomic E-state index is 12.5. The minimum Gasteiger partial charge on any atom is -0.360 e. The molecule has 21 heavy (non-hydrogen) atoms. The quantitative estimate of drug-likeness (QED) is 0.804. The fraction of sp³-hybridized carbons (Fsp3) is 0.133. The van der Waals surface area contributed by atoms with Crippen LogP contribution in [0, 0.1) is 6.92 Å². The summed E-state index contributed by atoms with van der Waals surface area (Å²) in [6.45, 7) is 1.86. The number of fused-ring (bicyclic) bond motifs is 1. The van der Waals surface area contributed by atoms with E-state index in [-0.39, 0.29) is 11.4 Å². The van der Waals surface area contributed by atoms with Crippen LogP contribution in [-0.2, 0) is 16.6 Å². The smallest absolute Gasteiger partial charge is 0.241 e. The molecule has 0 unspecified atom stereocenters. The second-order valence-electron chi connectivity index (χ2n) is 4.74. The van der Waals surface area contributed by atoms with Crippen LogP contribution in [0.1, 0.15) is 11.5 Å². The molecule has 0 amide bonds. The van der Waals surface area contributed by atoms with Crippen LogP contribution in [0.5, 0.6) is 0 Å². The highest BCUT2D eigenvalue weighted by Gasteiger charge is 2.17.